The highest BCUT2D eigenvalue weighted by molar-refractivity contribution is 6.32. The molecule has 4 fully saturated rings. The molecule has 0 amide bonds. The van der Waals surface area contributed by atoms with Crippen molar-refractivity contribution >= 4 is 41.4 Å². The number of fused-ring (bicyclic) bond motifs is 4. The minimum Gasteiger partial charge on any atom is -0.478 e. The van der Waals surface area contributed by atoms with Crippen LogP contribution in [0, 0.1) is 23.7 Å². The van der Waals surface area contributed by atoms with Gasteiger partial charge in [0.15, 0.2) is 11.6 Å². The number of esters is 1. The number of halogens is 5. The number of ether oxygens (including phenoxy) is 3. The second kappa shape index (κ2) is 16.8. The van der Waals surface area contributed by atoms with Gasteiger partial charge in [-0.1, -0.05) is 23.2 Å². The van der Waals surface area contributed by atoms with Crippen molar-refractivity contribution in [3.8, 4) is 23.4 Å². The SMILES string of the molecule is CC(C)(C)OC(=O)c1ccc(-n2ccc(O[C@H]3C[C@H]4CC[C@@H]3C4)n2)nc1Cl.O=C(O)c1ccc(-n2ccc(O[C@H]3C[C@H]4CC[C@@H]3C4)n2)nc1Cl.O=CC(F)(F)F. The largest absolute Gasteiger partial charge is 0.478 e. The molecular formula is C38H41Cl2F3N6O7. The third-order valence-electron chi connectivity index (χ3n) is 10.1. The summed E-state index contributed by atoms with van der Waals surface area (Å²) in [5.41, 5.74) is -0.380. The molecular weight excluding hydrogens is 780 g/mol. The van der Waals surface area contributed by atoms with Gasteiger partial charge in [0.25, 0.3) is 0 Å². The molecule has 56 heavy (non-hydrogen) atoms. The normalized spacial score (nSPS) is 23.4. The fraction of sp³-hybridized carbons (Fsp3) is 0.500. The number of carboxylic acid groups (broad SMARTS) is 1. The van der Waals surface area contributed by atoms with Gasteiger partial charge in [-0.2, -0.15) is 13.2 Å². The van der Waals surface area contributed by atoms with E-state index in [4.69, 9.17) is 47.3 Å². The van der Waals surface area contributed by atoms with Crippen LogP contribution in [0.1, 0.15) is 92.9 Å². The average Bonchev–Trinajstić information content (AvgIpc) is 3.99. The number of pyridine rings is 2. The van der Waals surface area contributed by atoms with E-state index in [9.17, 15) is 22.8 Å². The van der Waals surface area contributed by atoms with Crippen LogP contribution in [0.3, 0.4) is 0 Å². The molecule has 4 aromatic heterocycles. The van der Waals surface area contributed by atoms with Crippen molar-refractivity contribution in [2.24, 2.45) is 23.7 Å². The number of hydrogen-bond acceptors (Lipinski definition) is 10. The van der Waals surface area contributed by atoms with Gasteiger partial charge in [-0.3, -0.25) is 4.79 Å². The zero-order chi connectivity index (χ0) is 40.4. The van der Waals surface area contributed by atoms with Crippen molar-refractivity contribution in [2.45, 2.75) is 96.1 Å². The van der Waals surface area contributed by atoms with Gasteiger partial charge in [0.05, 0.1) is 11.1 Å². The summed E-state index contributed by atoms with van der Waals surface area (Å²) < 4.78 is 51.9. The zero-order valence-electron chi connectivity index (χ0n) is 30.8. The monoisotopic (exact) mass is 820 g/mol. The third-order valence-corrected chi connectivity index (χ3v) is 10.7. The van der Waals surface area contributed by atoms with E-state index in [0.29, 0.717) is 35.2 Å². The fourth-order valence-electron chi connectivity index (χ4n) is 7.72. The number of carbonyl (C=O) groups excluding carboxylic acids is 2. The second-order valence-corrected chi connectivity index (χ2v) is 16.1. The summed E-state index contributed by atoms with van der Waals surface area (Å²) >= 11 is 12.1. The van der Waals surface area contributed by atoms with Crippen LogP contribution in [-0.2, 0) is 9.53 Å². The second-order valence-electron chi connectivity index (χ2n) is 15.3. The molecule has 4 heterocycles. The molecule has 4 saturated carbocycles. The van der Waals surface area contributed by atoms with Crippen LogP contribution in [0.5, 0.6) is 11.8 Å². The molecule has 0 saturated heterocycles. The maximum Gasteiger partial charge on any atom is 0.446 e. The predicted molar refractivity (Wildman–Crippen MR) is 197 cm³/mol. The van der Waals surface area contributed by atoms with Crippen LogP contribution in [0.2, 0.25) is 10.3 Å². The number of rotatable bonds is 8. The first-order valence-corrected chi connectivity index (χ1v) is 19.0. The van der Waals surface area contributed by atoms with Gasteiger partial charge in [0.1, 0.15) is 28.1 Å². The smallest absolute Gasteiger partial charge is 0.446 e. The molecule has 13 nitrogen and oxygen atoms in total. The molecule has 0 aliphatic heterocycles. The molecule has 6 atom stereocenters. The van der Waals surface area contributed by atoms with Crippen LogP contribution < -0.4 is 9.47 Å². The number of nitrogens with zero attached hydrogens (tertiary/aromatic N) is 6. The molecule has 0 radical (unpaired) electrons. The molecule has 18 heteroatoms. The Labute approximate surface area is 330 Å². The molecule has 0 unspecified atom stereocenters. The molecule has 4 aliphatic rings. The highest BCUT2D eigenvalue weighted by Gasteiger charge is 2.42. The van der Waals surface area contributed by atoms with Crippen molar-refractivity contribution in [3.05, 3.63) is 70.2 Å². The lowest BCUT2D eigenvalue weighted by molar-refractivity contribution is -0.156. The van der Waals surface area contributed by atoms with E-state index < -0.39 is 30.0 Å². The summed E-state index contributed by atoms with van der Waals surface area (Å²) in [4.78, 5) is 40.2. The Hall–Kier alpha value is -4.70. The van der Waals surface area contributed by atoms with E-state index in [-0.39, 0.29) is 33.6 Å². The number of hydrogen-bond donors (Lipinski definition) is 1. The Morgan fingerprint density at radius 1 is 0.750 bits per heavy atom. The van der Waals surface area contributed by atoms with E-state index in [1.807, 2.05) is 26.8 Å². The van der Waals surface area contributed by atoms with Gasteiger partial charge in [-0.15, -0.1) is 10.2 Å². The summed E-state index contributed by atoms with van der Waals surface area (Å²) in [6.45, 7) is 5.42. The van der Waals surface area contributed by atoms with E-state index in [2.05, 4.69) is 20.2 Å². The molecule has 0 aromatic carbocycles. The highest BCUT2D eigenvalue weighted by Crippen LogP contribution is 2.47. The van der Waals surface area contributed by atoms with E-state index in [0.717, 1.165) is 24.7 Å². The van der Waals surface area contributed by atoms with Crippen LogP contribution in [-0.4, -0.2) is 76.8 Å². The van der Waals surface area contributed by atoms with E-state index >= 15 is 0 Å². The molecule has 0 spiro atoms. The lowest BCUT2D eigenvalue weighted by Crippen LogP contribution is -2.24. The van der Waals surface area contributed by atoms with Crippen LogP contribution in [0.15, 0.2) is 48.8 Å². The minimum absolute atomic E-state index is 0.0268. The lowest BCUT2D eigenvalue weighted by Gasteiger charge is -2.21. The van der Waals surface area contributed by atoms with Crippen molar-refractivity contribution in [2.75, 3.05) is 0 Å². The highest BCUT2D eigenvalue weighted by atomic mass is 35.5. The number of carbonyl (C=O) groups is 3. The van der Waals surface area contributed by atoms with Crippen molar-refractivity contribution in [3.63, 3.8) is 0 Å². The first kappa shape index (κ1) is 40.9. The van der Waals surface area contributed by atoms with Crippen LogP contribution >= 0.6 is 23.2 Å². The van der Waals surface area contributed by atoms with E-state index in [1.165, 1.54) is 44.6 Å². The Morgan fingerprint density at radius 2 is 1.20 bits per heavy atom. The topological polar surface area (TPSA) is 161 Å². The molecule has 300 valence electrons. The number of aromatic nitrogens is 6. The maximum absolute atomic E-state index is 12.2. The number of aldehydes is 1. The van der Waals surface area contributed by atoms with Crippen molar-refractivity contribution in [1.82, 2.24) is 29.5 Å². The molecule has 4 aliphatic carbocycles. The first-order valence-electron chi connectivity index (χ1n) is 18.2. The van der Waals surface area contributed by atoms with Gasteiger partial charge in [-0.05, 0) is 120 Å². The fourth-order valence-corrected chi connectivity index (χ4v) is 8.17. The number of aromatic carboxylic acids is 1. The Bertz CT molecular complexity index is 2050. The summed E-state index contributed by atoms with van der Waals surface area (Å²) in [6.07, 6.45) is 8.37. The van der Waals surface area contributed by atoms with Gasteiger partial charge >= 0.3 is 18.1 Å². The molecule has 8 rings (SSSR count). The lowest BCUT2D eigenvalue weighted by atomic mass is 9.98. The number of alkyl halides is 3. The minimum atomic E-state index is -4.64. The van der Waals surface area contributed by atoms with Gasteiger partial charge < -0.3 is 19.3 Å². The number of carboxylic acids is 1. The predicted octanol–water partition coefficient (Wildman–Crippen LogP) is 8.38. The maximum atomic E-state index is 12.2. The zero-order valence-corrected chi connectivity index (χ0v) is 32.3. The first-order chi connectivity index (χ1) is 26.4. The van der Waals surface area contributed by atoms with Crippen LogP contribution in [0.25, 0.3) is 11.6 Å². The molecule has 4 bridgehead atoms. The Morgan fingerprint density at radius 3 is 1.54 bits per heavy atom. The Kier molecular flexibility index (Phi) is 12.3. The quantitative estimate of drug-likeness (QED) is 0.103. The average molecular weight is 822 g/mol. The van der Waals surface area contributed by atoms with Crippen molar-refractivity contribution < 1.29 is 46.9 Å². The molecule has 1 N–H and O–H groups in total. The van der Waals surface area contributed by atoms with Gasteiger partial charge in [0.2, 0.25) is 18.0 Å². The van der Waals surface area contributed by atoms with Crippen LogP contribution in [0.4, 0.5) is 13.2 Å². The molecule has 4 aromatic rings. The van der Waals surface area contributed by atoms with Gasteiger partial charge in [0, 0.05) is 24.5 Å². The van der Waals surface area contributed by atoms with E-state index in [1.54, 1.807) is 46.0 Å². The summed E-state index contributed by atoms with van der Waals surface area (Å²) in [6, 6.07) is 9.93. The summed E-state index contributed by atoms with van der Waals surface area (Å²) in [5.74, 6) is 3.52. The third kappa shape index (κ3) is 10.4. The summed E-state index contributed by atoms with van der Waals surface area (Å²) in [7, 11) is 0. The van der Waals surface area contributed by atoms with Crippen molar-refractivity contribution in [1.29, 1.82) is 0 Å². The van der Waals surface area contributed by atoms with Gasteiger partial charge in [-0.25, -0.2) is 28.9 Å². The summed E-state index contributed by atoms with van der Waals surface area (Å²) in [5, 5.41) is 17.8. The Balaban J connectivity index is 0.000000168. The standard InChI is InChI=1S/C20H24ClN3O3.C16H16ClN3O3.C2HF3O/c1-20(2,3)27-19(25)14-6-7-16(22-18(14)21)24-9-8-17(23-24)26-15-11-12-4-5-13(15)10-12;17-15-11(16(21)22)3-4-13(18-15)20-6-5-14(19-20)23-12-8-9-1-2-10(12)7-9;3-2(4,5)1-6/h6-9,12-13,15H,4-5,10-11H2,1-3H3;3-6,9-10,12H,1-2,7-8H2,(H,21,22);1H/t12-,13+,15-;9-,10+,12-;/m00./s1.